The molecule has 1 atom stereocenters. The average molecular weight is 279 g/mol. The fraction of sp³-hybridized carbons (Fsp3) is 0.417. The van der Waals surface area contributed by atoms with E-state index in [1.807, 2.05) is 19.4 Å². The number of hydrogen-bond acceptors (Lipinski definition) is 4. The predicted octanol–water partition coefficient (Wildman–Crippen LogP) is 1.48. The maximum atomic E-state index is 11.7. The minimum absolute atomic E-state index is 0.173. The molecule has 0 radical (unpaired) electrons. The molecule has 0 spiro atoms. The molecule has 0 aliphatic rings. The minimum Gasteiger partial charge on any atom is -0.338 e. The second kappa shape index (κ2) is 6.33. The summed E-state index contributed by atoms with van der Waals surface area (Å²) in [7, 11) is 1.85. The van der Waals surface area contributed by atoms with E-state index in [4.69, 9.17) is 0 Å². The summed E-state index contributed by atoms with van der Waals surface area (Å²) in [6.07, 6.45) is 2.46. The molecule has 0 fully saturated rings. The highest BCUT2D eigenvalue weighted by Crippen LogP contribution is 2.07. The van der Waals surface area contributed by atoms with Gasteiger partial charge in [-0.3, -0.25) is 0 Å². The highest BCUT2D eigenvalue weighted by Gasteiger charge is 2.13. The summed E-state index contributed by atoms with van der Waals surface area (Å²) in [4.78, 5) is 11.7. The van der Waals surface area contributed by atoms with Gasteiger partial charge in [0.25, 0.3) is 0 Å². The third-order valence-electron chi connectivity index (χ3n) is 2.76. The van der Waals surface area contributed by atoms with E-state index in [2.05, 4.69) is 32.3 Å². The van der Waals surface area contributed by atoms with Crippen molar-refractivity contribution >= 4 is 17.4 Å². The van der Waals surface area contributed by atoms with Crippen LogP contribution in [0.5, 0.6) is 0 Å². The summed E-state index contributed by atoms with van der Waals surface area (Å²) in [6.45, 7) is 2.50. The maximum Gasteiger partial charge on any atom is 0.315 e. The summed E-state index contributed by atoms with van der Waals surface area (Å²) < 4.78 is 1.79. The van der Waals surface area contributed by atoms with E-state index in [1.54, 1.807) is 22.2 Å². The van der Waals surface area contributed by atoms with Gasteiger partial charge in [-0.25, -0.2) is 4.79 Å². The van der Waals surface area contributed by atoms with Crippen LogP contribution in [0.3, 0.4) is 0 Å². The molecule has 0 saturated carbocycles. The number of aryl methyl sites for hydroxylation is 1. The fourth-order valence-electron chi connectivity index (χ4n) is 1.75. The van der Waals surface area contributed by atoms with Crippen molar-refractivity contribution in [1.29, 1.82) is 0 Å². The van der Waals surface area contributed by atoms with Crippen LogP contribution in [-0.2, 0) is 13.5 Å². The SMILES string of the molecule is CC(NC(=O)NCCc1ccsc1)c1nncn1C. The first-order valence-electron chi connectivity index (χ1n) is 6.06. The number of urea groups is 1. The number of nitrogens with zero attached hydrogens (tertiary/aromatic N) is 3. The molecule has 1 unspecified atom stereocenters. The molecule has 0 aliphatic heterocycles. The molecule has 0 saturated heterocycles. The van der Waals surface area contributed by atoms with Gasteiger partial charge in [0.05, 0.1) is 6.04 Å². The number of carbonyl (C=O) groups excluding carboxylic acids is 1. The number of thiophene rings is 1. The van der Waals surface area contributed by atoms with Crippen molar-refractivity contribution in [2.45, 2.75) is 19.4 Å². The number of rotatable bonds is 5. The van der Waals surface area contributed by atoms with Crippen LogP contribution in [0, 0.1) is 0 Å². The number of hydrogen-bond donors (Lipinski definition) is 2. The Kier molecular flexibility index (Phi) is 4.51. The van der Waals surface area contributed by atoms with E-state index in [1.165, 1.54) is 5.56 Å². The van der Waals surface area contributed by atoms with E-state index in [9.17, 15) is 4.79 Å². The Balaban J connectivity index is 1.74. The van der Waals surface area contributed by atoms with Crippen molar-refractivity contribution in [3.63, 3.8) is 0 Å². The Hall–Kier alpha value is -1.89. The third kappa shape index (κ3) is 3.78. The van der Waals surface area contributed by atoms with Gasteiger partial charge in [-0.05, 0) is 35.7 Å². The Labute approximate surface area is 115 Å². The molecule has 2 rings (SSSR count). The lowest BCUT2D eigenvalue weighted by Crippen LogP contribution is -2.38. The number of carbonyl (C=O) groups is 1. The molecular formula is C12H17N5OS. The van der Waals surface area contributed by atoms with Crippen molar-refractivity contribution < 1.29 is 4.79 Å². The molecule has 19 heavy (non-hydrogen) atoms. The molecule has 0 aromatic carbocycles. The van der Waals surface area contributed by atoms with Gasteiger partial charge < -0.3 is 15.2 Å². The number of nitrogens with one attached hydrogen (secondary N) is 2. The molecule has 7 heteroatoms. The molecule has 2 amide bonds. The summed E-state index contributed by atoms with van der Waals surface area (Å²) in [5.41, 5.74) is 1.24. The molecule has 0 bridgehead atoms. The van der Waals surface area contributed by atoms with Gasteiger partial charge in [-0.15, -0.1) is 10.2 Å². The first-order chi connectivity index (χ1) is 9.16. The summed E-state index contributed by atoms with van der Waals surface area (Å²) in [6, 6.07) is 1.70. The highest BCUT2D eigenvalue weighted by molar-refractivity contribution is 7.07. The van der Waals surface area contributed by atoms with E-state index in [-0.39, 0.29) is 12.1 Å². The molecule has 102 valence electrons. The standard InChI is InChI=1S/C12H17N5OS/c1-9(11-16-14-8-17(11)2)15-12(18)13-5-3-10-4-6-19-7-10/h4,6-9H,3,5H2,1-2H3,(H2,13,15,18). The van der Waals surface area contributed by atoms with Gasteiger partial charge >= 0.3 is 6.03 Å². The van der Waals surface area contributed by atoms with Gasteiger partial charge in [-0.2, -0.15) is 11.3 Å². The Morgan fingerprint density at radius 3 is 3.05 bits per heavy atom. The van der Waals surface area contributed by atoms with Crippen molar-refractivity contribution in [2.24, 2.45) is 7.05 Å². The zero-order chi connectivity index (χ0) is 13.7. The van der Waals surface area contributed by atoms with Crippen LogP contribution in [0.4, 0.5) is 4.79 Å². The topological polar surface area (TPSA) is 71.8 Å². The zero-order valence-corrected chi connectivity index (χ0v) is 11.8. The largest absolute Gasteiger partial charge is 0.338 e. The Bertz CT molecular complexity index is 522. The molecule has 2 heterocycles. The third-order valence-corrected chi connectivity index (χ3v) is 3.49. The Morgan fingerprint density at radius 1 is 1.58 bits per heavy atom. The molecule has 2 aromatic heterocycles. The summed E-state index contributed by atoms with van der Waals surface area (Å²) >= 11 is 1.66. The van der Waals surface area contributed by atoms with Gasteiger partial charge in [0.15, 0.2) is 5.82 Å². The second-order valence-corrected chi connectivity index (χ2v) is 5.08. The zero-order valence-electron chi connectivity index (χ0n) is 11.0. The second-order valence-electron chi connectivity index (χ2n) is 4.30. The Morgan fingerprint density at radius 2 is 2.42 bits per heavy atom. The lowest BCUT2D eigenvalue weighted by molar-refractivity contribution is 0.237. The minimum atomic E-state index is -0.189. The maximum absolute atomic E-state index is 11.7. The number of amides is 2. The predicted molar refractivity (Wildman–Crippen MR) is 74.0 cm³/mol. The molecular weight excluding hydrogens is 262 g/mol. The monoisotopic (exact) mass is 279 g/mol. The lowest BCUT2D eigenvalue weighted by atomic mass is 10.2. The number of aromatic nitrogens is 3. The first-order valence-corrected chi connectivity index (χ1v) is 7.00. The van der Waals surface area contributed by atoms with Crippen molar-refractivity contribution in [3.8, 4) is 0 Å². The average Bonchev–Trinajstić information content (AvgIpc) is 3.00. The van der Waals surface area contributed by atoms with Gasteiger partial charge in [-0.1, -0.05) is 0 Å². The smallest absolute Gasteiger partial charge is 0.315 e. The van der Waals surface area contributed by atoms with E-state index < -0.39 is 0 Å². The summed E-state index contributed by atoms with van der Waals surface area (Å²) in [5.74, 6) is 0.730. The fourth-order valence-corrected chi connectivity index (χ4v) is 2.45. The summed E-state index contributed by atoms with van der Waals surface area (Å²) in [5, 5.41) is 17.5. The van der Waals surface area contributed by atoms with Gasteiger partial charge in [0, 0.05) is 13.6 Å². The molecule has 6 nitrogen and oxygen atoms in total. The van der Waals surface area contributed by atoms with Crippen molar-refractivity contribution in [3.05, 3.63) is 34.5 Å². The molecule has 2 aromatic rings. The quantitative estimate of drug-likeness (QED) is 0.871. The van der Waals surface area contributed by atoms with Crippen molar-refractivity contribution in [1.82, 2.24) is 25.4 Å². The van der Waals surface area contributed by atoms with E-state index >= 15 is 0 Å². The van der Waals surface area contributed by atoms with Gasteiger partial charge in [0.1, 0.15) is 6.33 Å². The van der Waals surface area contributed by atoms with Crippen LogP contribution in [0.2, 0.25) is 0 Å². The first kappa shape index (κ1) is 13.5. The van der Waals surface area contributed by atoms with Crippen LogP contribution in [0.15, 0.2) is 23.2 Å². The normalized spacial score (nSPS) is 12.1. The molecule has 0 aliphatic carbocycles. The van der Waals surface area contributed by atoms with E-state index in [0.717, 1.165) is 12.2 Å². The van der Waals surface area contributed by atoms with Crippen LogP contribution in [0.1, 0.15) is 24.4 Å². The lowest BCUT2D eigenvalue weighted by Gasteiger charge is -2.13. The van der Waals surface area contributed by atoms with Crippen LogP contribution in [0.25, 0.3) is 0 Å². The van der Waals surface area contributed by atoms with Crippen molar-refractivity contribution in [2.75, 3.05) is 6.54 Å². The van der Waals surface area contributed by atoms with Crippen LogP contribution >= 0.6 is 11.3 Å². The van der Waals surface area contributed by atoms with Crippen LogP contribution in [-0.4, -0.2) is 27.3 Å². The van der Waals surface area contributed by atoms with E-state index in [0.29, 0.717) is 6.54 Å². The highest BCUT2D eigenvalue weighted by atomic mass is 32.1. The molecule has 2 N–H and O–H groups in total. The van der Waals surface area contributed by atoms with Gasteiger partial charge in [0.2, 0.25) is 0 Å². The van der Waals surface area contributed by atoms with Crippen LogP contribution < -0.4 is 10.6 Å².